The van der Waals surface area contributed by atoms with E-state index in [2.05, 4.69) is 26.1 Å². The van der Waals surface area contributed by atoms with E-state index in [1.807, 2.05) is 0 Å². The first kappa shape index (κ1) is 12.3. The van der Waals surface area contributed by atoms with Crippen LogP contribution in [0.15, 0.2) is 30.8 Å². The normalized spacial score (nSPS) is 10.5. The number of carbonyl (C=O) groups is 1. The summed E-state index contributed by atoms with van der Waals surface area (Å²) >= 11 is 2.98. The van der Waals surface area contributed by atoms with Gasteiger partial charge in [-0.1, -0.05) is 5.16 Å². The molecule has 0 aliphatic rings. The van der Waals surface area contributed by atoms with Gasteiger partial charge in [0.2, 0.25) is 0 Å². The standard InChI is InChI=1S/C9H6BrN3O5/c10-5-3-13(9(17)11-7(5)14)2-4-1-6(8(15)16)12-18-4/h1,3H,2H2,(H,15,16)(H,11,14,17). The zero-order valence-corrected chi connectivity index (χ0v) is 10.3. The van der Waals surface area contributed by atoms with Crippen molar-refractivity contribution in [3.05, 3.63) is 49.0 Å². The van der Waals surface area contributed by atoms with E-state index in [9.17, 15) is 14.4 Å². The fraction of sp³-hybridized carbons (Fsp3) is 0.111. The van der Waals surface area contributed by atoms with Gasteiger partial charge in [0, 0.05) is 12.3 Å². The summed E-state index contributed by atoms with van der Waals surface area (Å²) in [6.07, 6.45) is 1.28. The molecule has 0 unspecified atom stereocenters. The molecule has 94 valence electrons. The lowest BCUT2D eigenvalue weighted by Gasteiger charge is -2.01. The summed E-state index contributed by atoms with van der Waals surface area (Å²) in [6.45, 7) is -0.0332. The molecule has 0 radical (unpaired) electrons. The molecule has 0 aliphatic heterocycles. The molecule has 2 rings (SSSR count). The van der Waals surface area contributed by atoms with Crippen molar-refractivity contribution in [1.82, 2.24) is 14.7 Å². The van der Waals surface area contributed by atoms with Crippen molar-refractivity contribution in [2.75, 3.05) is 0 Å². The largest absolute Gasteiger partial charge is 0.476 e. The van der Waals surface area contributed by atoms with Crippen LogP contribution in [0, 0.1) is 0 Å². The third kappa shape index (κ3) is 2.40. The number of aromatic carboxylic acids is 1. The second-order valence-electron chi connectivity index (χ2n) is 3.35. The highest BCUT2D eigenvalue weighted by atomic mass is 79.9. The van der Waals surface area contributed by atoms with Crippen LogP contribution >= 0.6 is 15.9 Å². The second kappa shape index (κ2) is 4.61. The Morgan fingerprint density at radius 3 is 2.89 bits per heavy atom. The molecule has 2 heterocycles. The number of rotatable bonds is 3. The molecule has 2 aromatic rings. The molecular weight excluding hydrogens is 310 g/mol. The monoisotopic (exact) mass is 315 g/mol. The summed E-state index contributed by atoms with van der Waals surface area (Å²) < 4.78 is 6.09. The predicted octanol–water partition coefficient (Wildman–Crippen LogP) is 0.0336. The van der Waals surface area contributed by atoms with Crippen LogP contribution < -0.4 is 11.2 Å². The van der Waals surface area contributed by atoms with Gasteiger partial charge in [0.15, 0.2) is 11.5 Å². The van der Waals surface area contributed by atoms with Crippen molar-refractivity contribution in [1.29, 1.82) is 0 Å². The molecule has 0 fully saturated rings. The maximum Gasteiger partial charge on any atom is 0.358 e. The van der Waals surface area contributed by atoms with E-state index in [1.54, 1.807) is 0 Å². The van der Waals surface area contributed by atoms with Crippen molar-refractivity contribution in [3.63, 3.8) is 0 Å². The van der Waals surface area contributed by atoms with E-state index in [0.29, 0.717) is 0 Å². The van der Waals surface area contributed by atoms with E-state index in [4.69, 9.17) is 9.63 Å². The van der Waals surface area contributed by atoms with Gasteiger partial charge in [0.1, 0.15) is 0 Å². The molecule has 0 spiro atoms. The lowest BCUT2D eigenvalue weighted by Crippen LogP contribution is -2.30. The van der Waals surface area contributed by atoms with Crippen LogP contribution in [0.5, 0.6) is 0 Å². The molecule has 0 bridgehead atoms. The van der Waals surface area contributed by atoms with Crippen LogP contribution in [0.3, 0.4) is 0 Å². The lowest BCUT2D eigenvalue weighted by atomic mass is 10.3. The van der Waals surface area contributed by atoms with E-state index in [-0.39, 0.29) is 22.5 Å². The minimum atomic E-state index is -1.22. The summed E-state index contributed by atoms with van der Waals surface area (Å²) in [5.41, 5.74) is -1.42. The number of hydrogen-bond acceptors (Lipinski definition) is 5. The minimum absolute atomic E-state index is 0.0332. The Hall–Kier alpha value is -2.16. The van der Waals surface area contributed by atoms with Gasteiger partial charge in [-0.3, -0.25) is 14.3 Å². The van der Waals surface area contributed by atoms with Crippen LogP contribution in [0.2, 0.25) is 0 Å². The first-order chi connectivity index (χ1) is 8.47. The van der Waals surface area contributed by atoms with Gasteiger partial charge in [-0.25, -0.2) is 9.59 Å². The fourth-order valence-corrected chi connectivity index (χ4v) is 1.60. The van der Waals surface area contributed by atoms with Gasteiger partial charge in [0.25, 0.3) is 5.56 Å². The van der Waals surface area contributed by atoms with E-state index in [0.717, 1.165) is 4.57 Å². The SMILES string of the molecule is O=C(O)c1cc(Cn2cc(Br)c(=O)[nH]c2=O)on1. The molecule has 2 N–H and O–H groups in total. The van der Waals surface area contributed by atoms with Crippen molar-refractivity contribution in [2.24, 2.45) is 0 Å². The maximum atomic E-state index is 11.4. The molecule has 0 atom stereocenters. The molecule has 2 aromatic heterocycles. The lowest BCUT2D eigenvalue weighted by molar-refractivity contribution is 0.0685. The first-order valence-electron chi connectivity index (χ1n) is 4.65. The molecule has 0 amide bonds. The zero-order valence-electron chi connectivity index (χ0n) is 8.71. The van der Waals surface area contributed by atoms with Crippen LogP contribution in [0.25, 0.3) is 0 Å². The van der Waals surface area contributed by atoms with Crippen molar-refractivity contribution in [2.45, 2.75) is 6.54 Å². The number of carboxylic acids is 1. The number of H-pyrrole nitrogens is 1. The van der Waals surface area contributed by atoms with E-state index < -0.39 is 17.2 Å². The quantitative estimate of drug-likeness (QED) is 0.825. The predicted molar refractivity (Wildman–Crippen MR) is 61.6 cm³/mol. The van der Waals surface area contributed by atoms with Gasteiger partial charge < -0.3 is 9.63 Å². The Labute approximate surface area is 107 Å². The van der Waals surface area contributed by atoms with Gasteiger partial charge >= 0.3 is 11.7 Å². The molecule has 9 heteroatoms. The number of hydrogen-bond donors (Lipinski definition) is 2. The molecule has 0 saturated carbocycles. The van der Waals surface area contributed by atoms with Crippen molar-refractivity contribution >= 4 is 21.9 Å². The Balaban J connectivity index is 2.34. The number of carboxylic acid groups (broad SMARTS) is 1. The Morgan fingerprint density at radius 1 is 1.56 bits per heavy atom. The van der Waals surface area contributed by atoms with Crippen LogP contribution in [0.1, 0.15) is 16.2 Å². The molecule has 0 aliphatic carbocycles. The van der Waals surface area contributed by atoms with Gasteiger partial charge in [-0.05, 0) is 15.9 Å². The summed E-state index contributed by atoms with van der Waals surface area (Å²) in [7, 11) is 0. The number of nitrogens with zero attached hydrogens (tertiary/aromatic N) is 2. The third-order valence-electron chi connectivity index (χ3n) is 2.07. The molecular formula is C9H6BrN3O5. The average Bonchev–Trinajstić information content (AvgIpc) is 2.74. The highest BCUT2D eigenvalue weighted by Crippen LogP contribution is 2.06. The zero-order chi connectivity index (χ0) is 13.3. The summed E-state index contributed by atoms with van der Waals surface area (Å²) in [5.74, 6) is -1.03. The number of aromatic nitrogens is 3. The van der Waals surface area contributed by atoms with Gasteiger partial charge in [-0.2, -0.15) is 0 Å². The maximum absolute atomic E-state index is 11.4. The van der Waals surface area contributed by atoms with E-state index in [1.165, 1.54) is 12.3 Å². The summed E-state index contributed by atoms with van der Waals surface area (Å²) in [6, 6.07) is 1.20. The molecule has 8 nitrogen and oxygen atoms in total. The topological polar surface area (TPSA) is 118 Å². The molecule has 18 heavy (non-hydrogen) atoms. The summed E-state index contributed by atoms with van der Waals surface area (Å²) in [5, 5.41) is 12.0. The molecule has 0 saturated heterocycles. The second-order valence-corrected chi connectivity index (χ2v) is 4.20. The van der Waals surface area contributed by atoms with Crippen LogP contribution in [-0.2, 0) is 6.54 Å². The summed E-state index contributed by atoms with van der Waals surface area (Å²) in [4.78, 5) is 35.2. The van der Waals surface area contributed by atoms with Crippen molar-refractivity contribution < 1.29 is 14.4 Å². The highest BCUT2D eigenvalue weighted by molar-refractivity contribution is 9.10. The Bertz CT molecular complexity index is 713. The fourth-order valence-electron chi connectivity index (χ4n) is 1.26. The number of nitrogens with one attached hydrogen (secondary N) is 1. The highest BCUT2D eigenvalue weighted by Gasteiger charge is 2.12. The van der Waals surface area contributed by atoms with Gasteiger partial charge in [0.05, 0.1) is 11.0 Å². The van der Waals surface area contributed by atoms with E-state index >= 15 is 0 Å². The Kier molecular flexibility index (Phi) is 3.15. The number of halogens is 1. The molecule has 0 aromatic carbocycles. The minimum Gasteiger partial charge on any atom is -0.476 e. The Morgan fingerprint density at radius 2 is 2.28 bits per heavy atom. The number of aromatic amines is 1. The van der Waals surface area contributed by atoms with Crippen LogP contribution in [-0.4, -0.2) is 25.8 Å². The average molecular weight is 316 g/mol. The third-order valence-corrected chi connectivity index (χ3v) is 2.64. The van der Waals surface area contributed by atoms with Gasteiger partial charge in [-0.15, -0.1) is 0 Å². The smallest absolute Gasteiger partial charge is 0.358 e. The van der Waals surface area contributed by atoms with Crippen LogP contribution in [0.4, 0.5) is 0 Å². The van der Waals surface area contributed by atoms with Crippen molar-refractivity contribution in [3.8, 4) is 0 Å². The first-order valence-corrected chi connectivity index (χ1v) is 5.45.